The van der Waals surface area contributed by atoms with E-state index in [1.165, 1.54) is 4.88 Å². The van der Waals surface area contributed by atoms with Gasteiger partial charge in [-0.05, 0) is 37.6 Å². The van der Waals surface area contributed by atoms with Gasteiger partial charge in [0.2, 0.25) is 11.8 Å². The quantitative estimate of drug-likeness (QED) is 0.905. The topological polar surface area (TPSA) is 49.4 Å². The Hall–Kier alpha value is -1.36. The molecule has 1 N–H and O–H groups in total. The minimum Gasteiger partial charge on any atom is -0.342 e. The second kappa shape index (κ2) is 5.95. The van der Waals surface area contributed by atoms with E-state index in [1.54, 1.807) is 16.2 Å². The molecule has 2 rings (SSSR count). The molecule has 2 heterocycles. The molecule has 0 saturated carbocycles. The number of carbonyl (C=O) groups is 2. The van der Waals surface area contributed by atoms with Crippen molar-refractivity contribution in [3.8, 4) is 0 Å². The first-order valence-electron chi connectivity index (χ1n) is 7.17. The SMILES string of the molecule is CCC1NC(=O)C(C)(CC)N(CCc2cccs2)C1=O. The molecule has 1 fully saturated rings. The zero-order chi connectivity index (χ0) is 14.8. The predicted octanol–water partition coefficient (Wildman–Crippen LogP) is 2.20. The maximum Gasteiger partial charge on any atom is 0.246 e. The molecule has 0 aromatic carbocycles. The van der Waals surface area contributed by atoms with Gasteiger partial charge in [0.05, 0.1) is 0 Å². The van der Waals surface area contributed by atoms with Crippen molar-refractivity contribution >= 4 is 23.2 Å². The van der Waals surface area contributed by atoms with Gasteiger partial charge >= 0.3 is 0 Å². The average Bonchev–Trinajstić information content (AvgIpc) is 2.96. The van der Waals surface area contributed by atoms with E-state index < -0.39 is 5.54 Å². The van der Waals surface area contributed by atoms with Crippen molar-refractivity contribution in [1.29, 1.82) is 0 Å². The van der Waals surface area contributed by atoms with Crippen LogP contribution in [0.5, 0.6) is 0 Å². The van der Waals surface area contributed by atoms with E-state index in [1.807, 2.05) is 32.2 Å². The van der Waals surface area contributed by atoms with Gasteiger partial charge in [0.15, 0.2) is 0 Å². The Morgan fingerprint density at radius 1 is 1.40 bits per heavy atom. The van der Waals surface area contributed by atoms with E-state index in [-0.39, 0.29) is 17.9 Å². The second-order valence-corrected chi connectivity index (χ2v) is 6.41. The molecule has 2 amide bonds. The molecule has 0 spiro atoms. The molecule has 2 atom stereocenters. The van der Waals surface area contributed by atoms with Gasteiger partial charge in [0.1, 0.15) is 11.6 Å². The highest BCUT2D eigenvalue weighted by molar-refractivity contribution is 7.09. The van der Waals surface area contributed by atoms with Crippen molar-refractivity contribution in [2.75, 3.05) is 6.54 Å². The van der Waals surface area contributed by atoms with Crippen LogP contribution in [0.2, 0.25) is 0 Å². The first-order chi connectivity index (χ1) is 9.52. The summed E-state index contributed by atoms with van der Waals surface area (Å²) in [7, 11) is 0. The minimum atomic E-state index is -0.722. The highest BCUT2D eigenvalue weighted by Gasteiger charge is 2.47. The monoisotopic (exact) mass is 294 g/mol. The summed E-state index contributed by atoms with van der Waals surface area (Å²) in [5, 5.41) is 4.89. The zero-order valence-corrected chi connectivity index (χ0v) is 13.1. The van der Waals surface area contributed by atoms with Crippen LogP contribution < -0.4 is 5.32 Å². The van der Waals surface area contributed by atoms with E-state index in [4.69, 9.17) is 0 Å². The fourth-order valence-electron chi connectivity index (χ4n) is 2.59. The van der Waals surface area contributed by atoms with Crippen LogP contribution in [-0.4, -0.2) is 34.8 Å². The van der Waals surface area contributed by atoms with Gasteiger partial charge in [-0.15, -0.1) is 11.3 Å². The van der Waals surface area contributed by atoms with Crippen molar-refractivity contribution in [2.24, 2.45) is 0 Å². The number of hydrogen-bond donors (Lipinski definition) is 1. The number of amides is 2. The Morgan fingerprint density at radius 2 is 2.15 bits per heavy atom. The van der Waals surface area contributed by atoms with Crippen molar-refractivity contribution < 1.29 is 9.59 Å². The van der Waals surface area contributed by atoms with Crippen molar-refractivity contribution in [1.82, 2.24) is 10.2 Å². The third-order valence-electron chi connectivity index (χ3n) is 4.21. The van der Waals surface area contributed by atoms with Gasteiger partial charge in [-0.1, -0.05) is 19.9 Å². The highest BCUT2D eigenvalue weighted by atomic mass is 32.1. The molecule has 5 heteroatoms. The van der Waals surface area contributed by atoms with Crippen molar-refractivity contribution in [3.05, 3.63) is 22.4 Å². The lowest BCUT2D eigenvalue weighted by atomic mass is 9.90. The third kappa shape index (κ3) is 2.59. The number of carbonyl (C=O) groups excluding carboxylic acids is 2. The summed E-state index contributed by atoms with van der Waals surface area (Å²) in [6.07, 6.45) is 2.08. The second-order valence-electron chi connectivity index (χ2n) is 5.38. The summed E-state index contributed by atoms with van der Waals surface area (Å²) in [6, 6.07) is 3.71. The van der Waals surface area contributed by atoms with Crippen LogP contribution in [0.15, 0.2) is 17.5 Å². The van der Waals surface area contributed by atoms with Crippen molar-refractivity contribution in [2.45, 2.75) is 51.6 Å². The standard InChI is InChI=1S/C15H22N2O2S/c1-4-12-13(18)17(9-8-11-7-6-10-20-11)15(3,5-2)14(19)16-12/h6-7,10,12H,4-5,8-9H2,1-3H3,(H,16,19). The smallest absolute Gasteiger partial charge is 0.246 e. The van der Waals surface area contributed by atoms with Crippen LogP contribution in [0.3, 0.4) is 0 Å². The fraction of sp³-hybridized carbons (Fsp3) is 0.600. The molecule has 0 aliphatic carbocycles. The predicted molar refractivity (Wildman–Crippen MR) is 80.7 cm³/mol. The Kier molecular flexibility index (Phi) is 4.48. The molecule has 110 valence electrons. The van der Waals surface area contributed by atoms with Crippen LogP contribution in [-0.2, 0) is 16.0 Å². The molecule has 1 aliphatic heterocycles. The van der Waals surface area contributed by atoms with Gasteiger partial charge < -0.3 is 10.2 Å². The first-order valence-corrected chi connectivity index (χ1v) is 8.05. The lowest BCUT2D eigenvalue weighted by Gasteiger charge is -2.45. The summed E-state index contributed by atoms with van der Waals surface area (Å²) >= 11 is 1.69. The molecule has 4 nitrogen and oxygen atoms in total. The van der Waals surface area contributed by atoms with Crippen LogP contribution in [0, 0.1) is 0 Å². The summed E-state index contributed by atoms with van der Waals surface area (Å²) in [5.74, 6) is 0.0191. The van der Waals surface area contributed by atoms with E-state index >= 15 is 0 Å². The fourth-order valence-corrected chi connectivity index (χ4v) is 3.29. The molecule has 0 bridgehead atoms. The Labute approximate surface area is 124 Å². The largest absolute Gasteiger partial charge is 0.342 e. The number of thiophene rings is 1. The van der Waals surface area contributed by atoms with E-state index in [2.05, 4.69) is 11.4 Å². The van der Waals surface area contributed by atoms with Crippen LogP contribution in [0.25, 0.3) is 0 Å². The number of nitrogens with one attached hydrogen (secondary N) is 1. The van der Waals surface area contributed by atoms with Gasteiger partial charge in [-0.25, -0.2) is 0 Å². The van der Waals surface area contributed by atoms with Gasteiger partial charge in [0, 0.05) is 11.4 Å². The summed E-state index contributed by atoms with van der Waals surface area (Å²) in [5.41, 5.74) is -0.722. The molecule has 1 aromatic heterocycles. The van der Waals surface area contributed by atoms with Gasteiger partial charge in [-0.3, -0.25) is 9.59 Å². The molecule has 2 unspecified atom stereocenters. The summed E-state index contributed by atoms with van der Waals surface area (Å²) in [6.45, 7) is 6.35. The van der Waals surface area contributed by atoms with Crippen LogP contribution >= 0.6 is 11.3 Å². The molecule has 0 radical (unpaired) electrons. The third-order valence-corrected chi connectivity index (χ3v) is 5.15. The summed E-state index contributed by atoms with van der Waals surface area (Å²) < 4.78 is 0. The normalized spacial score (nSPS) is 26.8. The highest BCUT2D eigenvalue weighted by Crippen LogP contribution is 2.26. The number of hydrogen-bond acceptors (Lipinski definition) is 3. The number of piperazine rings is 1. The van der Waals surface area contributed by atoms with Gasteiger partial charge in [0.25, 0.3) is 0 Å². The number of nitrogens with zero attached hydrogens (tertiary/aromatic N) is 1. The first kappa shape index (κ1) is 15.0. The maximum absolute atomic E-state index is 12.6. The molecule has 1 aliphatic rings. The van der Waals surface area contributed by atoms with Gasteiger partial charge in [-0.2, -0.15) is 0 Å². The Bertz CT molecular complexity index is 486. The van der Waals surface area contributed by atoms with Crippen LogP contribution in [0.4, 0.5) is 0 Å². The lowest BCUT2D eigenvalue weighted by Crippen LogP contribution is -2.69. The average molecular weight is 294 g/mol. The Balaban J connectivity index is 2.18. The van der Waals surface area contributed by atoms with Crippen LogP contribution in [0.1, 0.15) is 38.5 Å². The lowest BCUT2D eigenvalue weighted by molar-refractivity contribution is -0.156. The molecule has 1 saturated heterocycles. The molecule has 20 heavy (non-hydrogen) atoms. The van der Waals surface area contributed by atoms with E-state index in [0.29, 0.717) is 19.4 Å². The molecule has 1 aromatic rings. The zero-order valence-electron chi connectivity index (χ0n) is 12.3. The minimum absolute atomic E-state index is 0.0300. The molecular formula is C15H22N2O2S. The van der Waals surface area contributed by atoms with E-state index in [9.17, 15) is 9.59 Å². The Morgan fingerprint density at radius 3 is 2.70 bits per heavy atom. The van der Waals surface area contributed by atoms with E-state index in [0.717, 1.165) is 6.42 Å². The van der Waals surface area contributed by atoms with Crippen molar-refractivity contribution in [3.63, 3.8) is 0 Å². The summed E-state index contributed by atoms with van der Waals surface area (Å²) in [4.78, 5) is 27.9. The molecular weight excluding hydrogens is 272 g/mol. The number of rotatable bonds is 5. The maximum atomic E-state index is 12.6.